The van der Waals surface area contributed by atoms with E-state index in [4.69, 9.17) is 5.11 Å². The third-order valence-electron chi connectivity index (χ3n) is 0.618. The predicted molar refractivity (Wildman–Crippen MR) is 40.6 cm³/mol. The van der Waals surface area contributed by atoms with Crippen LogP contribution in [0, 0.1) is 0 Å². The minimum Gasteiger partial charge on any atom is -0.441 e. The maximum absolute atomic E-state index is 10.3. The standard InChI is InChI=1S/C4H6INO4/c5-6-4(9)10-2-3(8)1-7/h7H,1-2H2,(H,6,9). The van der Waals surface area contributed by atoms with Gasteiger partial charge in [-0.05, 0) is 0 Å². The summed E-state index contributed by atoms with van der Waals surface area (Å²) in [5.41, 5.74) is 0. The van der Waals surface area contributed by atoms with Crippen LogP contribution in [-0.4, -0.2) is 30.2 Å². The van der Waals surface area contributed by atoms with Gasteiger partial charge in [0.2, 0.25) is 0 Å². The van der Waals surface area contributed by atoms with E-state index in [-0.39, 0.29) is 6.61 Å². The van der Waals surface area contributed by atoms with Crippen LogP contribution in [0.15, 0.2) is 0 Å². The zero-order chi connectivity index (χ0) is 7.98. The second kappa shape index (κ2) is 5.42. The number of hydrogen-bond acceptors (Lipinski definition) is 4. The van der Waals surface area contributed by atoms with Crippen LogP contribution in [0.3, 0.4) is 0 Å². The molecule has 5 nitrogen and oxygen atoms in total. The van der Waals surface area contributed by atoms with Crippen LogP contribution >= 0.6 is 22.9 Å². The highest BCUT2D eigenvalue weighted by Crippen LogP contribution is 1.81. The van der Waals surface area contributed by atoms with Crippen molar-refractivity contribution in [3.8, 4) is 0 Å². The first-order valence-electron chi connectivity index (χ1n) is 2.36. The normalized spacial score (nSPS) is 8.60. The number of aliphatic hydroxyl groups is 1. The summed E-state index contributed by atoms with van der Waals surface area (Å²) in [5, 5.41) is 8.16. The van der Waals surface area contributed by atoms with Crippen LogP contribution in [0.2, 0.25) is 0 Å². The Balaban J connectivity index is 3.35. The molecule has 0 aliphatic carbocycles. The first kappa shape index (κ1) is 9.63. The molecular weight excluding hydrogens is 253 g/mol. The molecule has 58 valence electrons. The van der Waals surface area contributed by atoms with E-state index in [2.05, 4.69) is 8.27 Å². The molecule has 0 unspecified atom stereocenters. The van der Waals surface area contributed by atoms with E-state index in [0.29, 0.717) is 0 Å². The Morgan fingerprint density at radius 3 is 2.60 bits per heavy atom. The molecule has 10 heavy (non-hydrogen) atoms. The number of amides is 1. The second-order valence-corrected chi connectivity index (χ2v) is 1.91. The Hall–Kier alpha value is -0.370. The van der Waals surface area contributed by atoms with Gasteiger partial charge in [-0.2, -0.15) is 0 Å². The van der Waals surface area contributed by atoms with E-state index in [9.17, 15) is 9.59 Å². The van der Waals surface area contributed by atoms with E-state index >= 15 is 0 Å². The second-order valence-electron chi connectivity index (χ2n) is 1.37. The monoisotopic (exact) mass is 259 g/mol. The molecule has 0 heterocycles. The number of aliphatic hydroxyl groups excluding tert-OH is 1. The van der Waals surface area contributed by atoms with Crippen LogP contribution < -0.4 is 3.53 Å². The maximum atomic E-state index is 10.3. The van der Waals surface area contributed by atoms with Crippen LogP contribution in [0.1, 0.15) is 0 Å². The minimum absolute atomic E-state index is 0.384. The van der Waals surface area contributed by atoms with Gasteiger partial charge in [0.1, 0.15) is 6.61 Å². The van der Waals surface area contributed by atoms with Crippen molar-refractivity contribution in [3.63, 3.8) is 0 Å². The minimum atomic E-state index is -0.692. The van der Waals surface area contributed by atoms with Gasteiger partial charge in [-0.15, -0.1) is 0 Å². The van der Waals surface area contributed by atoms with Gasteiger partial charge in [-0.1, -0.05) is 0 Å². The molecular formula is C4H6INO4. The van der Waals surface area contributed by atoms with E-state index in [1.807, 2.05) is 0 Å². The third kappa shape index (κ3) is 4.50. The number of carbonyl (C=O) groups excluding carboxylic acids is 2. The van der Waals surface area contributed by atoms with Crippen molar-refractivity contribution in [2.75, 3.05) is 13.2 Å². The largest absolute Gasteiger partial charge is 0.441 e. The number of nitrogens with one attached hydrogen (secondary N) is 1. The fraction of sp³-hybridized carbons (Fsp3) is 0.500. The lowest BCUT2D eigenvalue weighted by Crippen LogP contribution is -2.20. The quantitative estimate of drug-likeness (QED) is 0.535. The number of hydrogen-bond donors (Lipinski definition) is 2. The molecule has 0 atom stereocenters. The van der Waals surface area contributed by atoms with Crippen molar-refractivity contribution in [1.82, 2.24) is 3.53 Å². The maximum Gasteiger partial charge on any atom is 0.416 e. The summed E-state index contributed by atoms with van der Waals surface area (Å²) in [6.07, 6.45) is -0.692. The van der Waals surface area contributed by atoms with Crippen molar-refractivity contribution in [3.05, 3.63) is 0 Å². The summed E-state index contributed by atoms with van der Waals surface area (Å²) >= 11 is 1.57. The number of ether oxygens (including phenoxy) is 1. The molecule has 0 spiro atoms. The van der Waals surface area contributed by atoms with E-state index < -0.39 is 18.5 Å². The molecule has 0 fully saturated rings. The zero-order valence-corrected chi connectivity index (χ0v) is 7.12. The van der Waals surface area contributed by atoms with E-state index in [1.165, 1.54) is 0 Å². The van der Waals surface area contributed by atoms with Crippen LogP contribution in [-0.2, 0) is 9.53 Å². The Kier molecular flexibility index (Phi) is 5.22. The van der Waals surface area contributed by atoms with Crippen molar-refractivity contribution in [1.29, 1.82) is 0 Å². The number of carbonyl (C=O) groups is 2. The molecule has 0 saturated carbocycles. The fourth-order valence-corrected chi connectivity index (χ4v) is 0.375. The molecule has 1 amide bonds. The third-order valence-corrected chi connectivity index (χ3v) is 1.06. The first-order valence-corrected chi connectivity index (χ1v) is 3.44. The molecule has 0 bridgehead atoms. The average Bonchev–Trinajstić information content (AvgIpc) is 1.99. The fourth-order valence-electron chi connectivity index (χ4n) is 0.219. The Morgan fingerprint density at radius 1 is 1.60 bits per heavy atom. The zero-order valence-electron chi connectivity index (χ0n) is 4.96. The van der Waals surface area contributed by atoms with Gasteiger partial charge in [0.05, 0.1) is 22.9 Å². The molecule has 0 aliphatic heterocycles. The van der Waals surface area contributed by atoms with Gasteiger partial charge < -0.3 is 9.84 Å². The highest BCUT2D eigenvalue weighted by atomic mass is 127. The summed E-state index contributed by atoms with van der Waals surface area (Å²) in [6.45, 7) is -0.986. The molecule has 0 aliphatic rings. The molecule has 6 heteroatoms. The Morgan fingerprint density at radius 2 is 2.20 bits per heavy atom. The lowest BCUT2D eigenvalue weighted by Gasteiger charge is -1.98. The topological polar surface area (TPSA) is 75.6 Å². The van der Waals surface area contributed by atoms with Crippen molar-refractivity contribution < 1.29 is 19.4 Å². The summed E-state index contributed by atoms with van der Waals surface area (Å²) in [5.74, 6) is -0.528. The molecule has 2 N–H and O–H groups in total. The van der Waals surface area contributed by atoms with E-state index in [1.54, 1.807) is 22.9 Å². The van der Waals surface area contributed by atoms with Crippen molar-refractivity contribution in [2.45, 2.75) is 0 Å². The van der Waals surface area contributed by atoms with E-state index in [0.717, 1.165) is 0 Å². The van der Waals surface area contributed by atoms with Gasteiger partial charge in [0, 0.05) is 0 Å². The lowest BCUT2D eigenvalue weighted by molar-refractivity contribution is -0.124. The molecule has 0 radical (unpaired) electrons. The Bertz CT molecular complexity index is 121. The van der Waals surface area contributed by atoms with Crippen LogP contribution in [0.5, 0.6) is 0 Å². The van der Waals surface area contributed by atoms with Gasteiger partial charge >= 0.3 is 6.09 Å². The molecule has 0 aromatic rings. The molecule has 0 aromatic heterocycles. The summed E-state index contributed by atoms with van der Waals surface area (Å²) in [6, 6.07) is 0. The van der Waals surface area contributed by atoms with Crippen molar-refractivity contribution >= 4 is 34.7 Å². The highest BCUT2D eigenvalue weighted by molar-refractivity contribution is 14.1. The van der Waals surface area contributed by atoms with Gasteiger partial charge in [0.15, 0.2) is 12.4 Å². The van der Waals surface area contributed by atoms with Gasteiger partial charge in [-0.25, -0.2) is 4.79 Å². The average molecular weight is 259 g/mol. The summed E-state index contributed by atoms with van der Waals surface area (Å²) in [7, 11) is 0. The molecule has 0 saturated heterocycles. The van der Waals surface area contributed by atoms with Crippen LogP contribution in [0.25, 0.3) is 0 Å². The number of ketones is 1. The lowest BCUT2D eigenvalue weighted by atomic mass is 10.5. The number of rotatable bonds is 3. The highest BCUT2D eigenvalue weighted by Gasteiger charge is 2.03. The Labute approximate surface area is 71.2 Å². The SMILES string of the molecule is O=C(CO)COC(=O)NI. The molecule has 0 rings (SSSR count). The molecule has 0 aromatic carbocycles. The van der Waals surface area contributed by atoms with Crippen molar-refractivity contribution in [2.24, 2.45) is 0 Å². The van der Waals surface area contributed by atoms with Crippen LogP contribution in [0.4, 0.5) is 4.79 Å². The number of Topliss-reactive ketones (excluding diaryl/α,β-unsaturated/α-hetero) is 1. The van der Waals surface area contributed by atoms with Gasteiger partial charge in [-0.3, -0.25) is 8.32 Å². The first-order chi connectivity index (χ1) is 4.70. The smallest absolute Gasteiger partial charge is 0.416 e. The van der Waals surface area contributed by atoms with Gasteiger partial charge in [0.25, 0.3) is 0 Å². The summed E-state index contributed by atoms with van der Waals surface area (Å²) < 4.78 is 6.40. The number of halogens is 1. The predicted octanol–water partition coefficient (Wildman–Crippen LogP) is -0.376. The summed E-state index contributed by atoms with van der Waals surface area (Å²) in [4.78, 5) is 20.5.